The first-order valence-electron chi connectivity index (χ1n) is 4.87. The number of hydrogen-bond acceptors (Lipinski definition) is 2. The number of aromatic nitrogens is 2. The van der Waals surface area contributed by atoms with E-state index < -0.39 is 0 Å². The van der Waals surface area contributed by atoms with Crippen LogP contribution in [0.1, 0.15) is 37.7 Å². The van der Waals surface area contributed by atoms with E-state index in [1.165, 1.54) is 0 Å². The van der Waals surface area contributed by atoms with Crippen molar-refractivity contribution < 1.29 is 0 Å². The van der Waals surface area contributed by atoms with Crippen LogP contribution in [-0.2, 0) is 13.5 Å². The second kappa shape index (κ2) is 4.42. The Kier molecular flexibility index (Phi) is 3.48. The lowest BCUT2D eigenvalue weighted by Crippen LogP contribution is -2.00. The van der Waals surface area contributed by atoms with Crippen molar-refractivity contribution in [2.24, 2.45) is 12.8 Å². The third kappa shape index (κ3) is 2.56. The van der Waals surface area contributed by atoms with Crippen LogP contribution in [-0.4, -0.2) is 16.1 Å². The van der Waals surface area contributed by atoms with Gasteiger partial charge in [0.25, 0.3) is 0 Å². The molecule has 0 saturated heterocycles. The van der Waals surface area contributed by atoms with Crippen molar-refractivity contribution in [3.05, 3.63) is 17.7 Å². The van der Waals surface area contributed by atoms with Gasteiger partial charge in [0.05, 0.1) is 5.69 Å². The molecule has 0 aromatic carbocycles. The Labute approximate surface area is 80.0 Å². The van der Waals surface area contributed by atoms with Crippen LogP contribution in [0.3, 0.4) is 0 Å². The highest BCUT2D eigenvalue weighted by atomic mass is 15.0. The molecule has 3 nitrogen and oxygen atoms in total. The van der Waals surface area contributed by atoms with Crippen LogP contribution in [0.2, 0.25) is 0 Å². The molecule has 0 atom stereocenters. The molecular weight excluding hydrogens is 162 g/mol. The van der Waals surface area contributed by atoms with Crippen LogP contribution in [0.4, 0.5) is 0 Å². The lowest BCUT2D eigenvalue weighted by molar-refractivity contribution is 0.709. The number of imidazole rings is 1. The minimum Gasteiger partial charge on any atom is -0.338 e. The molecule has 0 fully saturated rings. The predicted octanol–water partition coefficient (Wildman–Crippen LogP) is 1.43. The SMILES string of the molecule is CC(C)c1nc(CCCN)cn1C. The molecule has 1 rings (SSSR count). The Balaban J connectivity index is 2.71. The molecule has 0 unspecified atom stereocenters. The summed E-state index contributed by atoms with van der Waals surface area (Å²) in [4.78, 5) is 4.55. The van der Waals surface area contributed by atoms with E-state index in [1.54, 1.807) is 0 Å². The van der Waals surface area contributed by atoms with E-state index in [4.69, 9.17) is 5.73 Å². The molecule has 0 radical (unpaired) electrons. The summed E-state index contributed by atoms with van der Waals surface area (Å²) in [6.45, 7) is 5.07. The lowest BCUT2D eigenvalue weighted by atomic mass is 10.2. The van der Waals surface area contributed by atoms with Crippen molar-refractivity contribution >= 4 is 0 Å². The van der Waals surface area contributed by atoms with Crippen LogP contribution in [0.25, 0.3) is 0 Å². The van der Waals surface area contributed by atoms with Gasteiger partial charge in [0, 0.05) is 19.2 Å². The first-order chi connectivity index (χ1) is 6.15. The Morgan fingerprint density at radius 3 is 2.69 bits per heavy atom. The van der Waals surface area contributed by atoms with Gasteiger partial charge in [0.1, 0.15) is 5.82 Å². The zero-order valence-electron chi connectivity index (χ0n) is 8.75. The van der Waals surface area contributed by atoms with E-state index in [0.29, 0.717) is 5.92 Å². The van der Waals surface area contributed by atoms with E-state index in [1.807, 2.05) is 7.05 Å². The van der Waals surface area contributed by atoms with Gasteiger partial charge in [-0.1, -0.05) is 13.8 Å². The number of nitrogens with zero attached hydrogens (tertiary/aromatic N) is 2. The standard InChI is InChI=1S/C10H19N3/c1-8(2)10-12-9(5-4-6-11)7-13(10)3/h7-8H,4-6,11H2,1-3H3. The van der Waals surface area contributed by atoms with Crippen molar-refractivity contribution in [1.29, 1.82) is 0 Å². The topological polar surface area (TPSA) is 43.8 Å². The molecule has 0 aliphatic heterocycles. The monoisotopic (exact) mass is 181 g/mol. The highest BCUT2D eigenvalue weighted by Crippen LogP contribution is 2.13. The van der Waals surface area contributed by atoms with Gasteiger partial charge in [-0.25, -0.2) is 4.98 Å². The molecule has 0 amide bonds. The third-order valence-corrected chi connectivity index (χ3v) is 2.12. The molecule has 74 valence electrons. The molecule has 1 aromatic rings. The summed E-state index contributed by atoms with van der Waals surface area (Å²) in [5.41, 5.74) is 6.61. The van der Waals surface area contributed by atoms with E-state index in [9.17, 15) is 0 Å². The molecule has 0 bridgehead atoms. The molecule has 0 spiro atoms. The zero-order valence-corrected chi connectivity index (χ0v) is 8.75. The van der Waals surface area contributed by atoms with Crippen LogP contribution in [0.5, 0.6) is 0 Å². The average molecular weight is 181 g/mol. The molecule has 2 N–H and O–H groups in total. The first kappa shape index (κ1) is 10.3. The van der Waals surface area contributed by atoms with E-state index in [0.717, 1.165) is 30.9 Å². The quantitative estimate of drug-likeness (QED) is 0.763. The first-order valence-corrected chi connectivity index (χ1v) is 4.87. The van der Waals surface area contributed by atoms with E-state index in [-0.39, 0.29) is 0 Å². The molecule has 3 heteroatoms. The predicted molar refractivity (Wildman–Crippen MR) is 54.7 cm³/mol. The molecule has 1 aromatic heterocycles. The summed E-state index contributed by atoms with van der Waals surface area (Å²) in [6.07, 6.45) is 4.12. The normalized spacial score (nSPS) is 11.2. The fourth-order valence-corrected chi connectivity index (χ4v) is 1.48. The van der Waals surface area contributed by atoms with Crippen molar-refractivity contribution in [2.45, 2.75) is 32.6 Å². The van der Waals surface area contributed by atoms with Crippen LogP contribution < -0.4 is 5.73 Å². The fourth-order valence-electron chi connectivity index (χ4n) is 1.48. The maximum atomic E-state index is 5.45. The zero-order chi connectivity index (χ0) is 9.84. The molecule has 0 saturated carbocycles. The van der Waals surface area contributed by atoms with Crippen LogP contribution in [0.15, 0.2) is 6.20 Å². The van der Waals surface area contributed by atoms with Gasteiger partial charge in [-0.2, -0.15) is 0 Å². The summed E-state index contributed by atoms with van der Waals surface area (Å²) in [6, 6.07) is 0. The van der Waals surface area contributed by atoms with Crippen LogP contribution >= 0.6 is 0 Å². The molecular formula is C10H19N3. The highest BCUT2D eigenvalue weighted by Gasteiger charge is 2.07. The number of rotatable bonds is 4. The maximum Gasteiger partial charge on any atom is 0.111 e. The molecule has 0 aliphatic carbocycles. The number of hydrogen-bond donors (Lipinski definition) is 1. The van der Waals surface area contributed by atoms with Gasteiger partial charge >= 0.3 is 0 Å². The highest BCUT2D eigenvalue weighted by molar-refractivity contribution is 5.06. The maximum absolute atomic E-state index is 5.45. The molecule has 13 heavy (non-hydrogen) atoms. The van der Waals surface area contributed by atoms with Gasteiger partial charge in [-0.05, 0) is 19.4 Å². The summed E-state index contributed by atoms with van der Waals surface area (Å²) < 4.78 is 2.11. The largest absolute Gasteiger partial charge is 0.338 e. The summed E-state index contributed by atoms with van der Waals surface area (Å²) in [7, 11) is 2.05. The van der Waals surface area contributed by atoms with Gasteiger partial charge in [0.15, 0.2) is 0 Å². The second-order valence-electron chi connectivity index (χ2n) is 3.75. The van der Waals surface area contributed by atoms with Crippen LogP contribution in [0, 0.1) is 0 Å². The lowest BCUT2D eigenvalue weighted by Gasteiger charge is -2.02. The number of aryl methyl sites for hydroxylation is 2. The van der Waals surface area contributed by atoms with Crippen molar-refractivity contribution in [2.75, 3.05) is 6.54 Å². The number of nitrogens with two attached hydrogens (primary N) is 1. The summed E-state index contributed by atoms with van der Waals surface area (Å²) in [5, 5.41) is 0. The Morgan fingerprint density at radius 1 is 1.54 bits per heavy atom. The Hall–Kier alpha value is -0.830. The van der Waals surface area contributed by atoms with E-state index >= 15 is 0 Å². The fraction of sp³-hybridized carbons (Fsp3) is 0.700. The van der Waals surface area contributed by atoms with E-state index in [2.05, 4.69) is 29.6 Å². The van der Waals surface area contributed by atoms with Gasteiger partial charge in [0.2, 0.25) is 0 Å². The average Bonchev–Trinajstić information content (AvgIpc) is 2.43. The minimum atomic E-state index is 0.497. The van der Waals surface area contributed by atoms with Crippen molar-refractivity contribution in [3.8, 4) is 0 Å². The van der Waals surface area contributed by atoms with Crippen molar-refractivity contribution in [3.63, 3.8) is 0 Å². The Bertz CT molecular complexity index is 263. The Morgan fingerprint density at radius 2 is 2.23 bits per heavy atom. The van der Waals surface area contributed by atoms with Gasteiger partial charge in [-0.15, -0.1) is 0 Å². The minimum absolute atomic E-state index is 0.497. The molecule has 0 aliphatic rings. The summed E-state index contributed by atoms with van der Waals surface area (Å²) in [5.74, 6) is 1.66. The van der Waals surface area contributed by atoms with Gasteiger partial charge < -0.3 is 10.3 Å². The van der Waals surface area contributed by atoms with Gasteiger partial charge in [-0.3, -0.25) is 0 Å². The van der Waals surface area contributed by atoms with Crippen molar-refractivity contribution in [1.82, 2.24) is 9.55 Å². The second-order valence-corrected chi connectivity index (χ2v) is 3.75. The third-order valence-electron chi connectivity index (χ3n) is 2.12. The smallest absolute Gasteiger partial charge is 0.111 e. The molecule has 1 heterocycles. The summed E-state index contributed by atoms with van der Waals surface area (Å²) >= 11 is 0.